The molecule has 3 aliphatic rings. The molecular formula is C18H22N2O4S. The number of nitrogens with zero attached hydrogens (tertiary/aromatic N) is 1. The summed E-state index contributed by atoms with van der Waals surface area (Å²) in [4.78, 5) is 26.9. The first-order valence-electron chi connectivity index (χ1n) is 8.78. The van der Waals surface area contributed by atoms with Gasteiger partial charge in [0.15, 0.2) is 11.5 Å². The number of benzene rings is 1. The van der Waals surface area contributed by atoms with Crippen LogP contribution < -0.4 is 14.8 Å². The molecule has 2 saturated heterocycles. The Hall–Kier alpha value is -1.89. The molecule has 2 fully saturated rings. The molecule has 0 saturated carbocycles. The Labute approximate surface area is 151 Å². The van der Waals surface area contributed by atoms with Crippen molar-refractivity contribution in [2.75, 3.05) is 32.1 Å². The SMILES string of the molecule is O=C1C[C@@H]2CN(C(=O)CCSc3ccc4c(c3)OCCO4)CC[C@@H]2N1. The van der Waals surface area contributed by atoms with Gasteiger partial charge in [-0.3, -0.25) is 9.59 Å². The number of piperidine rings is 1. The molecule has 0 spiro atoms. The topological polar surface area (TPSA) is 67.9 Å². The lowest BCUT2D eigenvalue weighted by Crippen LogP contribution is -2.47. The van der Waals surface area contributed by atoms with Gasteiger partial charge in [-0.2, -0.15) is 0 Å². The Morgan fingerprint density at radius 3 is 3.00 bits per heavy atom. The number of rotatable bonds is 4. The Balaban J connectivity index is 1.26. The van der Waals surface area contributed by atoms with Gasteiger partial charge in [0.05, 0.1) is 0 Å². The molecule has 0 aliphatic carbocycles. The van der Waals surface area contributed by atoms with E-state index in [0.717, 1.165) is 35.1 Å². The van der Waals surface area contributed by atoms with Gasteiger partial charge in [0, 0.05) is 48.5 Å². The van der Waals surface area contributed by atoms with Gasteiger partial charge in [-0.05, 0) is 24.6 Å². The predicted molar refractivity (Wildman–Crippen MR) is 94.0 cm³/mol. The van der Waals surface area contributed by atoms with E-state index in [1.165, 1.54) is 0 Å². The highest BCUT2D eigenvalue weighted by atomic mass is 32.2. The molecule has 2 amide bonds. The van der Waals surface area contributed by atoms with Gasteiger partial charge >= 0.3 is 0 Å². The second kappa shape index (κ2) is 7.15. The number of hydrogen-bond donors (Lipinski definition) is 1. The van der Waals surface area contributed by atoms with Crippen LogP contribution >= 0.6 is 11.8 Å². The summed E-state index contributed by atoms with van der Waals surface area (Å²) in [6.45, 7) is 2.62. The van der Waals surface area contributed by atoms with Crippen molar-refractivity contribution in [2.45, 2.75) is 30.2 Å². The summed E-state index contributed by atoms with van der Waals surface area (Å²) >= 11 is 1.66. The minimum absolute atomic E-state index is 0.124. The molecular weight excluding hydrogens is 340 g/mol. The normalized spacial score (nSPS) is 24.6. The molecule has 1 aromatic carbocycles. The first-order chi connectivity index (χ1) is 12.2. The summed E-state index contributed by atoms with van der Waals surface area (Å²) < 4.78 is 11.1. The van der Waals surface area contributed by atoms with E-state index in [4.69, 9.17) is 9.47 Å². The molecule has 1 aromatic rings. The zero-order chi connectivity index (χ0) is 17.2. The fourth-order valence-corrected chi connectivity index (χ4v) is 4.55. The van der Waals surface area contributed by atoms with Crippen LogP contribution in [0.5, 0.6) is 11.5 Å². The number of fused-ring (bicyclic) bond motifs is 2. The van der Waals surface area contributed by atoms with E-state index in [2.05, 4.69) is 5.32 Å². The van der Waals surface area contributed by atoms with Gasteiger partial charge in [-0.1, -0.05) is 0 Å². The number of thioether (sulfide) groups is 1. The Morgan fingerprint density at radius 2 is 2.12 bits per heavy atom. The summed E-state index contributed by atoms with van der Waals surface area (Å²) in [6.07, 6.45) is 1.94. The maximum absolute atomic E-state index is 12.5. The third-order valence-corrected chi connectivity index (χ3v) is 5.97. The van der Waals surface area contributed by atoms with E-state index in [-0.39, 0.29) is 23.8 Å². The maximum Gasteiger partial charge on any atom is 0.223 e. The lowest BCUT2D eigenvalue weighted by Gasteiger charge is -2.34. The van der Waals surface area contributed by atoms with Crippen molar-refractivity contribution in [1.82, 2.24) is 10.2 Å². The first-order valence-corrected chi connectivity index (χ1v) is 9.77. The predicted octanol–water partition coefficient (Wildman–Crippen LogP) is 1.68. The van der Waals surface area contributed by atoms with Crippen LogP contribution in [0.25, 0.3) is 0 Å². The van der Waals surface area contributed by atoms with Crippen molar-refractivity contribution in [1.29, 1.82) is 0 Å². The van der Waals surface area contributed by atoms with Gasteiger partial charge in [0.2, 0.25) is 11.8 Å². The number of nitrogens with one attached hydrogen (secondary N) is 1. The number of carbonyl (C=O) groups is 2. The fourth-order valence-electron chi connectivity index (χ4n) is 3.69. The van der Waals surface area contributed by atoms with Crippen LogP contribution in [0.3, 0.4) is 0 Å². The van der Waals surface area contributed by atoms with Crippen molar-refractivity contribution in [3.05, 3.63) is 18.2 Å². The molecule has 0 radical (unpaired) electrons. The smallest absolute Gasteiger partial charge is 0.223 e. The van der Waals surface area contributed by atoms with Crippen molar-refractivity contribution in [3.8, 4) is 11.5 Å². The molecule has 1 N–H and O–H groups in total. The average Bonchev–Trinajstić information content (AvgIpc) is 3.00. The van der Waals surface area contributed by atoms with Crippen LogP contribution in [0.1, 0.15) is 19.3 Å². The molecule has 6 nitrogen and oxygen atoms in total. The second-order valence-electron chi connectivity index (χ2n) is 6.67. The minimum atomic E-state index is 0.124. The number of likely N-dealkylation sites (tertiary alicyclic amines) is 1. The van der Waals surface area contributed by atoms with Gasteiger partial charge in [-0.15, -0.1) is 11.8 Å². The second-order valence-corrected chi connectivity index (χ2v) is 7.84. The summed E-state index contributed by atoms with van der Waals surface area (Å²) in [5.41, 5.74) is 0. The van der Waals surface area contributed by atoms with Gasteiger partial charge in [0.25, 0.3) is 0 Å². The lowest BCUT2D eigenvalue weighted by molar-refractivity contribution is -0.132. The van der Waals surface area contributed by atoms with Crippen molar-refractivity contribution in [2.24, 2.45) is 5.92 Å². The van der Waals surface area contributed by atoms with Crippen molar-refractivity contribution < 1.29 is 19.1 Å². The third-order valence-electron chi connectivity index (χ3n) is 4.98. The van der Waals surface area contributed by atoms with Gasteiger partial charge < -0.3 is 19.7 Å². The summed E-state index contributed by atoms with van der Waals surface area (Å²) in [7, 11) is 0. The minimum Gasteiger partial charge on any atom is -0.486 e. The highest BCUT2D eigenvalue weighted by Crippen LogP contribution is 2.34. The molecule has 7 heteroatoms. The van der Waals surface area contributed by atoms with Crippen LogP contribution in [0.15, 0.2) is 23.1 Å². The van der Waals surface area contributed by atoms with Crippen LogP contribution in [0, 0.1) is 5.92 Å². The standard InChI is InChI=1S/C18H22N2O4S/c21-17-9-12-11-20(5-3-14(12)19-17)18(22)4-8-25-13-1-2-15-16(10-13)24-7-6-23-15/h1-2,10,12,14H,3-9,11H2,(H,19,21)/t12-,14+/m1/s1. The Kier molecular flexibility index (Phi) is 4.74. The number of amides is 2. The Bertz CT molecular complexity index is 681. The number of ether oxygens (including phenoxy) is 2. The largest absolute Gasteiger partial charge is 0.486 e. The highest BCUT2D eigenvalue weighted by molar-refractivity contribution is 7.99. The van der Waals surface area contributed by atoms with E-state index in [9.17, 15) is 9.59 Å². The van der Waals surface area contributed by atoms with E-state index >= 15 is 0 Å². The molecule has 0 unspecified atom stereocenters. The van der Waals surface area contributed by atoms with Crippen molar-refractivity contribution >= 4 is 23.6 Å². The number of hydrogen-bond acceptors (Lipinski definition) is 5. The third kappa shape index (κ3) is 3.71. The Morgan fingerprint density at radius 1 is 1.28 bits per heavy atom. The molecule has 2 atom stereocenters. The van der Waals surface area contributed by atoms with Gasteiger partial charge in [-0.25, -0.2) is 0 Å². The molecule has 134 valence electrons. The van der Waals surface area contributed by atoms with E-state index in [1.807, 2.05) is 23.1 Å². The van der Waals surface area contributed by atoms with Crippen LogP contribution in [0.4, 0.5) is 0 Å². The molecule has 0 aromatic heterocycles. The zero-order valence-corrected chi connectivity index (χ0v) is 14.8. The quantitative estimate of drug-likeness (QED) is 0.826. The first kappa shape index (κ1) is 16.6. The van der Waals surface area contributed by atoms with Crippen LogP contribution in [-0.2, 0) is 9.59 Å². The van der Waals surface area contributed by atoms with E-state index in [0.29, 0.717) is 32.6 Å². The molecule has 3 aliphatic heterocycles. The highest BCUT2D eigenvalue weighted by Gasteiger charge is 2.37. The molecule has 3 heterocycles. The average molecular weight is 362 g/mol. The van der Waals surface area contributed by atoms with Crippen molar-refractivity contribution in [3.63, 3.8) is 0 Å². The van der Waals surface area contributed by atoms with Crippen LogP contribution in [-0.4, -0.2) is 54.8 Å². The number of carbonyl (C=O) groups excluding carboxylic acids is 2. The zero-order valence-electron chi connectivity index (χ0n) is 14.0. The van der Waals surface area contributed by atoms with E-state index in [1.54, 1.807) is 11.8 Å². The molecule has 0 bridgehead atoms. The monoisotopic (exact) mass is 362 g/mol. The van der Waals surface area contributed by atoms with E-state index < -0.39 is 0 Å². The molecule has 4 rings (SSSR count). The summed E-state index contributed by atoms with van der Waals surface area (Å²) in [5, 5.41) is 3.00. The lowest BCUT2D eigenvalue weighted by atomic mass is 9.93. The summed E-state index contributed by atoms with van der Waals surface area (Å²) in [6, 6.07) is 6.17. The molecule has 25 heavy (non-hydrogen) atoms. The fraction of sp³-hybridized carbons (Fsp3) is 0.556. The maximum atomic E-state index is 12.5. The summed E-state index contributed by atoms with van der Waals surface area (Å²) in [5.74, 6) is 2.90. The van der Waals surface area contributed by atoms with Gasteiger partial charge in [0.1, 0.15) is 13.2 Å². The van der Waals surface area contributed by atoms with Crippen LogP contribution in [0.2, 0.25) is 0 Å².